The van der Waals surface area contributed by atoms with Crippen LogP contribution in [0.5, 0.6) is 0 Å². The van der Waals surface area contributed by atoms with Crippen molar-refractivity contribution in [2.45, 2.75) is 38.7 Å². The van der Waals surface area contributed by atoms with Crippen LogP contribution < -0.4 is 0 Å². The fourth-order valence-electron chi connectivity index (χ4n) is 2.73. The Bertz CT molecular complexity index is 314. The Morgan fingerprint density at radius 3 is 2.06 bits per heavy atom. The van der Waals surface area contributed by atoms with E-state index in [-0.39, 0.29) is 13.2 Å². The highest BCUT2D eigenvalue weighted by molar-refractivity contribution is 6.02. The quantitative estimate of drug-likeness (QED) is 0.419. The minimum Gasteiger partial charge on any atom is -0.465 e. The Hall–Kier alpha value is -1.10. The summed E-state index contributed by atoms with van der Waals surface area (Å²) in [6, 6.07) is 0. The Morgan fingerprint density at radius 1 is 1.12 bits per heavy atom. The Kier molecular flexibility index (Phi) is 3.12. The van der Waals surface area contributed by atoms with E-state index in [0.29, 0.717) is 13.0 Å². The fourth-order valence-corrected chi connectivity index (χ4v) is 2.73. The van der Waals surface area contributed by atoms with E-state index >= 15 is 0 Å². The summed E-state index contributed by atoms with van der Waals surface area (Å²) in [6.45, 7) is 4.43. The molecule has 5 nitrogen and oxygen atoms in total. The van der Waals surface area contributed by atoms with Crippen molar-refractivity contribution in [2.75, 3.05) is 19.8 Å². The molecule has 2 rings (SSSR count). The molecule has 0 bridgehead atoms. The number of hydrogen-bond donors (Lipinski definition) is 0. The molecule has 1 aliphatic heterocycles. The molecule has 17 heavy (non-hydrogen) atoms. The lowest BCUT2D eigenvalue weighted by molar-refractivity contribution is -0.176. The molecule has 1 saturated carbocycles. The van der Waals surface area contributed by atoms with E-state index < -0.39 is 23.0 Å². The summed E-state index contributed by atoms with van der Waals surface area (Å²) in [4.78, 5) is 24.3. The van der Waals surface area contributed by atoms with Gasteiger partial charge >= 0.3 is 11.9 Å². The topological polar surface area (TPSA) is 65.1 Å². The van der Waals surface area contributed by atoms with Crippen molar-refractivity contribution in [2.24, 2.45) is 5.41 Å². The van der Waals surface area contributed by atoms with Crippen molar-refractivity contribution in [3.8, 4) is 0 Å². The van der Waals surface area contributed by atoms with Gasteiger partial charge in [0.05, 0.1) is 19.8 Å². The van der Waals surface area contributed by atoms with Crippen LogP contribution in [0.2, 0.25) is 0 Å². The van der Waals surface area contributed by atoms with Crippen LogP contribution in [0.1, 0.15) is 33.1 Å². The molecular weight excluding hydrogens is 224 g/mol. The van der Waals surface area contributed by atoms with Crippen molar-refractivity contribution < 1.29 is 23.8 Å². The van der Waals surface area contributed by atoms with E-state index in [1.165, 1.54) is 0 Å². The molecule has 0 radical (unpaired) electrons. The van der Waals surface area contributed by atoms with Gasteiger partial charge in [-0.2, -0.15) is 0 Å². The summed E-state index contributed by atoms with van der Waals surface area (Å²) in [5.74, 6) is -0.984. The van der Waals surface area contributed by atoms with E-state index in [1.807, 2.05) is 0 Å². The lowest BCUT2D eigenvalue weighted by Gasteiger charge is -2.28. The van der Waals surface area contributed by atoms with Crippen LogP contribution in [-0.4, -0.2) is 37.4 Å². The second kappa shape index (κ2) is 4.29. The molecule has 0 amide bonds. The lowest BCUT2D eigenvalue weighted by atomic mass is 9.77. The molecule has 5 heteroatoms. The second-order valence-electron chi connectivity index (χ2n) is 4.48. The number of carbonyl (C=O) groups excluding carboxylic acids is 2. The van der Waals surface area contributed by atoms with Gasteiger partial charge in [0.25, 0.3) is 0 Å². The Labute approximate surface area is 100 Å². The van der Waals surface area contributed by atoms with E-state index in [1.54, 1.807) is 13.8 Å². The fraction of sp³-hybridized carbons (Fsp3) is 0.833. The Morgan fingerprint density at radius 2 is 1.65 bits per heavy atom. The third kappa shape index (κ3) is 1.64. The van der Waals surface area contributed by atoms with Crippen molar-refractivity contribution in [3.63, 3.8) is 0 Å². The van der Waals surface area contributed by atoms with Crippen LogP contribution in [0, 0.1) is 5.41 Å². The Balaban J connectivity index is 2.29. The van der Waals surface area contributed by atoms with E-state index in [4.69, 9.17) is 14.2 Å². The van der Waals surface area contributed by atoms with E-state index in [9.17, 15) is 9.59 Å². The molecule has 96 valence electrons. The molecule has 1 spiro atoms. The third-order valence-electron chi connectivity index (χ3n) is 3.65. The van der Waals surface area contributed by atoms with E-state index in [0.717, 1.165) is 12.8 Å². The molecule has 0 N–H and O–H groups in total. The minimum absolute atomic E-state index is 0.260. The number of ether oxygens (including phenoxy) is 3. The van der Waals surface area contributed by atoms with Gasteiger partial charge < -0.3 is 14.2 Å². The van der Waals surface area contributed by atoms with Crippen LogP contribution in [0.25, 0.3) is 0 Å². The van der Waals surface area contributed by atoms with Crippen LogP contribution >= 0.6 is 0 Å². The first-order chi connectivity index (χ1) is 8.13. The number of esters is 2. The molecule has 1 unspecified atom stereocenters. The average Bonchev–Trinajstić information content (AvgIpc) is 2.94. The SMILES string of the molecule is CCOC(=O)C1(C(=O)OCC)CCCC12CO2. The van der Waals surface area contributed by atoms with Crippen molar-refractivity contribution in [3.05, 3.63) is 0 Å². The monoisotopic (exact) mass is 242 g/mol. The molecule has 1 aliphatic carbocycles. The van der Waals surface area contributed by atoms with Crippen LogP contribution in [-0.2, 0) is 23.8 Å². The first-order valence-electron chi connectivity index (χ1n) is 6.11. The summed E-state index contributed by atoms with van der Waals surface area (Å²) < 4.78 is 15.5. The van der Waals surface area contributed by atoms with Gasteiger partial charge in [-0.25, -0.2) is 0 Å². The second-order valence-corrected chi connectivity index (χ2v) is 4.48. The van der Waals surface area contributed by atoms with E-state index in [2.05, 4.69) is 0 Å². The summed E-state index contributed by atoms with van der Waals surface area (Å²) >= 11 is 0. The number of carbonyl (C=O) groups is 2. The zero-order valence-electron chi connectivity index (χ0n) is 10.3. The maximum absolute atomic E-state index is 12.1. The smallest absolute Gasteiger partial charge is 0.326 e. The van der Waals surface area contributed by atoms with Gasteiger partial charge in [-0.3, -0.25) is 9.59 Å². The van der Waals surface area contributed by atoms with Crippen molar-refractivity contribution in [1.82, 2.24) is 0 Å². The first-order valence-corrected chi connectivity index (χ1v) is 6.11. The molecule has 1 saturated heterocycles. The first kappa shape index (κ1) is 12.4. The summed E-state index contributed by atoms with van der Waals surface area (Å²) in [5, 5.41) is 0. The van der Waals surface area contributed by atoms with Crippen molar-refractivity contribution >= 4 is 11.9 Å². The maximum Gasteiger partial charge on any atom is 0.326 e. The van der Waals surface area contributed by atoms with Gasteiger partial charge in [-0.1, -0.05) is 0 Å². The summed E-state index contributed by atoms with van der Waals surface area (Å²) in [7, 11) is 0. The average molecular weight is 242 g/mol. The molecule has 0 aromatic carbocycles. The number of epoxide rings is 1. The predicted octanol–water partition coefficient (Wildman–Crippen LogP) is 1.05. The zero-order valence-corrected chi connectivity index (χ0v) is 10.3. The van der Waals surface area contributed by atoms with Gasteiger partial charge in [0.15, 0.2) is 5.41 Å². The molecular formula is C12H18O5. The van der Waals surface area contributed by atoms with Gasteiger partial charge in [-0.05, 0) is 33.1 Å². The highest BCUT2D eigenvalue weighted by Crippen LogP contribution is 2.57. The summed E-state index contributed by atoms with van der Waals surface area (Å²) in [6.07, 6.45) is 1.98. The zero-order chi connectivity index (χ0) is 12.5. The molecule has 2 fully saturated rings. The maximum atomic E-state index is 12.1. The molecule has 0 aromatic rings. The third-order valence-corrected chi connectivity index (χ3v) is 3.65. The van der Waals surface area contributed by atoms with Gasteiger partial charge in [0.2, 0.25) is 0 Å². The minimum atomic E-state index is -1.22. The standard InChI is InChI=1S/C12H18O5/c1-3-15-9(13)12(10(14)16-4-2)7-5-6-11(12)8-17-11/h3-8H2,1-2H3. The van der Waals surface area contributed by atoms with Gasteiger partial charge in [-0.15, -0.1) is 0 Å². The molecule has 2 aliphatic rings. The van der Waals surface area contributed by atoms with Crippen molar-refractivity contribution in [1.29, 1.82) is 0 Å². The molecule has 0 aromatic heterocycles. The highest BCUT2D eigenvalue weighted by Gasteiger charge is 2.73. The van der Waals surface area contributed by atoms with Gasteiger partial charge in [0, 0.05) is 0 Å². The molecule has 1 atom stereocenters. The highest BCUT2D eigenvalue weighted by atomic mass is 16.6. The largest absolute Gasteiger partial charge is 0.465 e. The number of rotatable bonds is 4. The molecule has 1 heterocycles. The summed E-state index contributed by atoms with van der Waals surface area (Å²) in [5.41, 5.74) is -1.87. The van der Waals surface area contributed by atoms with Gasteiger partial charge in [0.1, 0.15) is 5.60 Å². The number of hydrogen-bond acceptors (Lipinski definition) is 5. The normalized spacial score (nSPS) is 29.1. The predicted molar refractivity (Wildman–Crippen MR) is 58.2 cm³/mol. The van der Waals surface area contributed by atoms with Crippen LogP contribution in [0.15, 0.2) is 0 Å². The van der Waals surface area contributed by atoms with Crippen LogP contribution in [0.3, 0.4) is 0 Å². The lowest BCUT2D eigenvalue weighted by Crippen LogP contribution is -2.49. The van der Waals surface area contributed by atoms with Crippen LogP contribution in [0.4, 0.5) is 0 Å².